The van der Waals surface area contributed by atoms with E-state index in [0.717, 1.165) is 0 Å². The van der Waals surface area contributed by atoms with Gasteiger partial charge in [-0.25, -0.2) is 0 Å². The molecule has 0 aliphatic heterocycles. The van der Waals surface area contributed by atoms with Gasteiger partial charge in [-0.2, -0.15) is 0 Å². The molecule has 1 heterocycles. The number of halogens is 2. The second-order valence-corrected chi connectivity index (χ2v) is 7.38. The summed E-state index contributed by atoms with van der Waals surface area (Å²) in [6.07, 6.45) is -0.127. The third kappa shape index (κ3) is 4.28. The average Bonchev–Trinajstić information content (AvgIpc) is 2.67. The first kappa shape index (κ1) is 20.9. The Morgan fingerprint density at radius 2 is 1.69 bits per heavy atom. The van der Waals surface area contributed by atoms with Crippen molar-refractivity contribution in [1.82, 2.24) is 4.57 Å². The van der Waals surface area contributed by atoms with Crippen LogP contribution >= 0.6 is 23.2 Å². The standard InChI is InChI=1S/C21H17Cl2NO5/c1-11(25)3-8-18(26)19-20(27)14-6-4-13(10-17(14)24(2)21(19)28)29-12-5-7-15(22)16(23)9-12/h4-7,9-10,27H,3,8H2,1-2H3. The summed E-state index contributed by atoms with van der Waals surface area (Å²) >= 11 is 11.9. The fraction of sp³-hybridized carbons (Fsp3) is 0.190. The third-order valence-corrected chi connectivity index (χ3v) is 5.19. The molecular formula is C21H17Cl2NO5. The molecule has 0 atom stereocenters. The summed E-state index contributed by atoms with van der Waals surface area (Å²) in [5.74, 6) is -0.293. The fourth-order valence-corrected chi connectivity index (χ4v) is 3.20. The van der Waals surface area contributed by atoms with E-state index in [1.807, 2.05) is 0 Å². The monoisotopic (exact) mass is 433 g/mol. The smallest absolute Gasteiger partial charge is 0.265 e. The third-order valence-electron chi connectivity index (χ3n) is 4.45. The molecule has 0 saturated heterocycles. The van der Waals surface area contributed by atoms with Gasteiger partial charge in [0.05, 0.1) is 15.6 Å². The maximum atomic E-state index is 12.7. The van der Waals surface area contributed by atoms with Crippen LogP contribution in [-0.2, 0) is 11.8 Å². The average molecular weight is 434 g/mol. The van der Waals surface area contributed by atoms with Crippen LogP contribution in [0.4, 0.5) is 0 Å². The molecule has 0 aliphatic carbocycles. The summed E-state index contributed by atoms with van der Waals surface area (Å²) in [6.45, 7) is 1.36. The van der Waals surface area contributed by atoms with Crippen molar-refractivity contribution in [3.05, 3.63) is 62.4 Å². The van der Waals surface area contributed by atoms with E-state index in [-0.39, 0.29) is 24.2 Å². The zero-order valence-electron chi connectivity index (χ0n) is 15.7. The maximum absolute atomic E-state index is 12.7. The molecule has 0 radical (unpaired) electrons. The number of fused-ring (bicyclic) bond motifs is 1. The van der Waals surface area contributed by atoms with E-state index < -0.39 is 17.1 Å². The number of carbonyl (C=O) groups excluding carboxylic acids is 2. The van der Waals surface area contributed by atoms with E-state index >= 15 is 0 Å². The number of hydrogen-bond acceptors (Lipinski definition) is 5. The van der Waals surface area contributed by atoms with Crippen molar-refractivity contribution in [2.24, 2.45) is 7.05 Å². The van der Waals surface area contributed by atoms with Crippen LogP contribution in [0.25, 0.3) is 10.9 Å². The van der Waals surface area contributed by atoms with Crippen molar-refractivity contribution < 1.29 is 19.4 Å². The Bertz CT molecular complexity index is 1200. The number of carbonyl (C=O) groups is 2. The number of ether oxygens (including phenoxy) is 1. The van der Waals surface area contributed by atoms with Gasteiger partial charge in [0.15, 0.2) is 5.78 Å². The lowest BCUT2D eigenvalue weighted by molar-refractivity contribution is -0.116. The van der Waals surface area contributed by atoms with Crippen LogP contribution in [0.5, 0.6) is 17.2 Å². The molecule has 29 heavy (non-hydrogen) atoms. The molecule has 2 aromatic carbocycles. The van der Waals surface area contributed by atoms with Crippen molar-refractivity contribution in [1.29, 1.82) is 0 Å². The minimum atomic E-state index is -0.643. The summed E-state index contributed by atoms with van der Waals surface area (Å²) in [6, 6.07) is 9.52. The van der Waals surface area contributed by atoms with Crippen LogP contribution in [-0.4, -0.2) is 21.2 Å². The molecule has 150 valence electrons. The highest BCUT2D eigenvalue weighted by atomic mass is 35.5. The van der Waals surface area contributed by atoms with Crippen molar-refractivity contribution in [2.45, 2.75) is 19.8 Å². The second-order valence-electron chi connectivity index (χ2n) is 6.57. The zero-order chi connectivity index (χ0) is 21.3. The molecule has 0 unspecified atom stereocenters. The Labute approximate surface area is 176 Å². The van der Waals surface area contributed by atoms with Gasteiger partial charge in [-0.05, 0) is 31.2 Å². The number of aryl methyl sites for hydroxylation is 1. The summed E-state index contributed by atoms with van der Waals surface area (Å²) in [7, 11) is 1.49. The lowest BCUT2D eigenvalue weighted by Gasteiger charge is -2.13. The summed E-state index contributed by atoms with van der Waals surface area (Å²) < 4.78 is 7.02. The molecule has 0 saturated carbocycles. The number of Topliss-reactive ketones (excluding diaryl/α,β-unsaturated/α-hetero) is 2. The van der Waals surface area contributed by atoms with Crippen LogP contribution in [0.15, 0.2) is 41.2 Å². The highest BCUT2D eigenvalue weighted by molar-refractivity contribution is 6.42. The molecule has 8 heteroatoms. The predicted molar refractivity (Wildman–Crippen MR) is 112 cm³/mol. The number of aromatic nitrogens is 1. The Morgan fingerprint density at radius 3 is 2.34 bits per heavy atom. The fourth-order valence-electron chi connectivity index (χ4n) is 2.91. The number of pyridine rings is 1. The molecule has 0 bridgehead atoms. The topological polar surface area (TPSA) is 85.6 Å². The number of hydrogen-bond donors (Lipinski definition) is 1. The molecule has 0 aliphatic rings. The number of ketones is 2. The summed E-state index contributed by atoms with van der Waals surface area (Å²) in [5.41, 5.74) is -0.581. The predicted octanol–water partition coefficient (Wildman–Crippen LogP) is 4.90. The van der Waals surface area contributed by atoms with Crippen LogP contribution < -0.4 is 10.3 Å². The highest BCUT2D eigenvalue weighted by Crippen LogP contribution is 2.33. The molecule has 1 aromatic heterocycles. The Morgan fingerprint density at radius 1 is 1.03 bits per heavy atom. The molecule has 1 N–H and O–H groups in total. The molecular weight excluding hydrogens is 417 g/mol. The minimum absolute atomic E-state index is 0.00982. The van der Waals surface area contributed by atoms with Gasteiger partial charge >= 0.3 is 0 Å². The largest absolute Gasteiger partial charge is 0.506 e. The Kier molecular flexibility index (Phi) is 5.96. The van der Waals surface area contributed by atoms with Gasteiger partial charge in [-0.1, -0.05) is 23.2 Å². The van der Waals surface area contributed by atoms with Gasteiger partial charge in [0.2, 0.25) is 0 Å². The van der Waals surface area contributed by atoms with Crippen molar-refractivity contribution in [3.63, 3.8) is 0 Å². The number of aromatic hydroxyl groups is 1. The normalized spacial score (nSPS) is 10.9. The van der Waals surface area contributed by atoms with Gasteiger partial charge in [-0.3, -0.25) is 9.59 Å². The molecule has 0 amide bonds. The van der Waals surface area contributed by atoms with Crippen molar-refractivity contribution in [2.75, 3.05) is 0 Å². The number of benzene rings is 2. The van der Waals surface area contributed by atoms with Crippen LogP contribution in [0.2, 0.25) is 10.0 Å². The first-order valence-corrected chi connectivity index (χ1v) is 9.46. The summed E-state index contributed by atoms with van der Waals surface area (Å²) in [4.78, 5) is 36.2. The molecule has 6 nitrogen and oxygen atoms in total. The second kappa shape index (κ2) is 8.27. The summed E-state index contributed by atoms with van der Waals surface area (Å²) in [5, 5.41) is 11.6. The van der Waals surface area contributed by atoms with Crippen LogP contribution in [0, 0.1) is 0 Å². The van der Waals surface area contributed by atoms with E-state index in [2.05, 4.69) is 0 Å². The Balaban J connectivity index is 2.03. The van der Waals surface area contributed by atoms with E-state index in [4.69, 9.17) is 27.9 Å². The molecule has 0 fully saturated rings. The van der Waals surface area contributed by atoms with Gasteiger partial charge in [0.1, 0.15) is 28.6 Å². The van der Waals surface area contributed by atoms with Crippen LogP contribution in [0.3, 0.4) is 0 Å². The first-order valence-electron chi connectivity index (χ1n) is 8.70. The van der Waals surface area contributed by atoms with Crippen LogP contribution in [0.1, 0.15) is 30.1 Å². The van der Waals surface area contributed by atoms with E-state index in [1.54, 1.807) is 36.4 Å². The van der Waals surface area contributed by atoms with E-state index in [0.29, 0.717) is 32.4 Å². The van der Waals surface area contributed by atoms with E-state index in [9.17, 15) is 19.5 Å². The highest BCUT2D eigenvalue weighted by Gasteiger charge is 2.21. The minimum Gasteiger partial charge on any atom is -0.506 e. The van der Waals surface area contributed by atoms with Crippen molar-refractivity contribution >= 4 is 45.7 Å². The number of nitrogens with zero attached hydrogens (tertiary/aromatic N) is 1. The lowest BCUT2D eigenvalue weighted by Crippen LogP contribution is -2.25. The maximum Gasteiger partial charge on any atom is 0.265 e. The van der Waals surface area contributed by atoms with Gasteiger partial charge in [0.25, 0.3) is 5.56 Å². The Hall–Kier alpha value is -2.83. The van der Waals surface area contributed by atoms with Gasteiger partial charge in [0, 0.05) is 37.4 Å². The molecule has 3 rings (SSSR count). The first-order chi connectivity index (χ1) is 13.7. The van der Waals surface area contributed by atoms with Crippen molar-refractivity contribution in [3.8, 4) is 17.2 Å². The van der Waals surface area contributed by atoms with Gasteiger partial charge in [-0.15, -0.1) is 0 Å². The molecule has 0 spiro atoms. The quantitative estimate of drug-likeness (QED) is 0.558. The zero-order valence-corrected chi connectivity index (χ0v) is 17.2. The van der Waals surface area contributed by atoms with Gasteiger partial charge < -0.3 is 19.2 Å². The number of rotatable bonds is 6. The molecule has 3 aromatic rings. The van der Waals surface area contributed by atoms with E-state index in [1.165, 1.54) is 18.5 Å². The SMILES string of the molecule is CC(=O)CCC(=O)c1c(O)c2ccc(Oc3ccc(Cl)c(Cl)c3)cc2n(C)c1=O. The lowest BCUT2D eigenvalue weighted by atomic mass is 10.0.